The first kappa shape index (κ1) is 32.6. The van der Waals surface area contributed by atoms with Gasteiger partial charge in [-0.1, -0.05) is 85.5 Å². The molecule has 2 rings (SSSR count). The lowest BCUT2D eigenvalue weighted by atomic mass is 9.82. The number of methoxy groups -OCH3 is 1. The number of amides is 1. The van der Waals surface area contributed by atoms with E-state index in [0.717, 1.165) is 19.3 Å². The van der Waals surface area contributed by atoms with Gasteiger partial charge in [0, 0.05) is 14.5 Å². The normalized spacial score (nSPS) is 21.3. The fourth-order valence-electron chi connectivity index (χ4n) is 5.52. The lowest BCUT2D eigenvalue weighted by Crippen LogP contribution is -2.43. The van der Waals surface area contributed by atoms with Crippen LogP contribution in [0.15, 0.2) is 24.3 Å². The van der Waals surface area contributed by atoms with Gasteiger partial charge in [0.2, 0.25) is 0 Å². The summed E-state index contributed by atoms with van der Waals surface area (Å²) in [6.45, 7) is 22.7. The van der Waals surface area contributed by atoms with Crippen molar-refractivity contribution in [1.82, 2.24) is 4.90 Å². The summed E-state index contributed by atoms with van der Waals surface area (Å²) in [6.07, 6.45) is 5.84. The van der Waals surface area contributed by atoms with Gasteiger partial charge in [-0.3, -0.25) is 4.90 Å². The SMILES string of the molecule is COC(=O)N1C(O)C[C@@H](O[C@@H](C)c2c(C(C)C)cc(C(C)C)cc2C(C)C)[C@H]1CCC/C=C/C[Si](C)(C)C. The Morgan fingerprint density at radius 3 is 2.08 bits per heavy atom. The Morgan fingerprint density at radius 2 is 1.61 bits per heavy atom. The number of carbonyl (C=O) groups excluding carboxylic acids is 1. The Labute approximate surface area is 234 Å². The van der Waals surface area contributed by atoms with Crippen LogP contribution in [0.5, 0.6) is 0 Å². The number of likely N-dealkylation sites (tertiary alicyclic amines) is 1. The molecule has 1 saturated heterocycles. The monoisotopic (exact) mass is 545 g/mol. The Hall–Kier alpha value is -1.63. The molecular weight excluding hydrogens is 490 g/mol. The molecule has 0 bridgehead atoms. The van der Waals surface area contributed by atoms with Gasteiger partial charge in [0.1, 0.15) is 6.23 Å². The molecular formula is C32H55NO4Si. The molecule has 1 heterocycles. The van der Waals surface area contributed by atoms with Gasteiger partial charge in [-0.15, -0.1) is 0 Å². The summed E-state index contributed by atoms with van der Waals surface area (Å²) in [5.41, 5.74) is 5.29. The molecule has 1 fully saturated rings. The molecule has 6 heteroatoms. The summed E-state index contributed by atoms with van der Waals surface area (Å²) in [5.74, 6) is 1.19. The Balaban J connectivity index is 2.31. The highest BCUT2D eigenvalue weighted by Crippen LogP contribution is 2.40. The number of aliphatic hydroxyl groups excluding tert-OH is 1. The van der Waals surface area contributed by atoms with Gasteiger partial charge in [-0.25, -0.2) is 4.79 Å². The van der Waals surface area contributed by atoms with E-state index < -0.39 is 20.4 Å². The van der Waals surface area contributed by atoms with E-state index in [1.807, 2.05) is 0 Å². The average molecular weight is 546 g/mol. The van der Waals surface area contributed by atoms with E-state index in [-0.39, 0.29) is 18.2 Å². The summed E-state index contributed by atoms with van der Waals surface area (Å²) < 4.78 is 11.8. The summed E-state index contributed by atoms with van der Waals surface area (Å²) in [7, 11) is 0.287. The van der Waals surface area contributed by atoms with E-state index in [2.05, 4.69) is 92.4 Å². The number of nitrogens with zero attached hydrogens (tertiary/aromatic N) is 1. The van der Waals surface area contributed by atoms with Crippen LogP contribution in [0.1, 0.15) is 120 Å². The number of ether oxygens (including phenoxy) is 2. The number of unbranched alkanes of at least 4 members (excludes halogenated alkanes) is 1. The average Bonchev–Trinajstić information content (AvgIpc) is 3.13. The Morgan fingerprint density at radius 1 is 1.03 bits per heavy atom. The number of benzene rings is 1. The number of hydrogen-bond acceptors (Lipinski definition) is 4. The predicted octanol–water partition coefficient (Wildman–Crippen LogP) is 8.73. The molecule has 0 radical (unpaired) electrons. The van der Waals surface area contributed by atoms with E-state index in [1.165, 1.54) is 40.3 Å². The molecule has 38 heavy (non-hydrogen) atoms. The second-order valence-electron chi connectivity index (χ2n) is 13.2. The lowest BCUT2D eigenvalue weighted by Gasteiger charge is -2.32. The summed E-state index contributed by atoms with van der Waals surface area (Å²) in [4.78, 5) is 14.1. The summed E-state index contributed by atoms with van der Waals surface area (Å²) >= 11 is 0. The first-order valence-corrected chi connectivity index (χ1v) is 18.4. The van der Waals surface area contributed by atoms with Gasteiger partial charge in [0.25, 0.3) is 0 Å². The van der Waals surface area contributed by atoms with Crippen LogP contribution in [0, 0.1) is 0 Å². The zero-order valence-electron chi connectivity index (χ0n) is 26.0. The molecule has 1 aromatic rings. The smallest absolute Gasteiger partial charge is 0.411 e. The van der Waals surface area contributed by atoms with Crippen molar-refractivity contribution in [2.24, 2.45) is 0 Å². The molecule has 4 atom stereocenters. The minimum absolute atomic E-state index is 0.153. The zero-order chi connectivity index (χ0) is 28.8. The van der Waals surface area contributed by atoms with Crippen molar-refractivity contribution in [2.75, 3.05) is 7.11 Å². The number of allylic oxidation sites excluding steroid dienone is 2. The number of aliphatic hydroxyl groups is 1. The Kier molecular flexibility index (Phi) is 12.1. The van der Waals surface area contributed by atoms with E-state index in [1.54, 1.807) is 0 Å². The van der Waals surface area contributed by atoms with Crippen molar-refractivity contribution < 1.29 is 19.4 Å². The standard InChI is InChI=1S/C32H55NO4Si/c1-21(2)25-18-26(22(3)4)31(27(19-25)23(5)6)24(7)37-29-20-30(34)33(32(35)36-8)28(29)16-14-12-13-15-17-38(9,10)11/h13,15,18-19,21-24,28-30,34H,12,14,16-17,20H2,1-11H3/b15-13+/t24-,28+,29+,30?/m0/s1. The quantitative estimate of drug-likeness (QED) is 0.162. The fourth-order valence-corrected chi connectivity index (χ4v) is 6.40. The Bertz CT molecular complexity index is 905. The maximum Gasteiger partial charge on any atom is 0.411 e. The second kappa shape index (κ2) is 14.1. The third-order valence-corrected chi connectivity index (χ3v) is 9.13. The van der Waals surface area contributed by atoms with Crippen molar-refractivity contribution in [3.63, 3.8) is 0 Å². The third kappa shape index (κ3) is 8.69. The van der Waals surface area contributed by atoms with Gasteiger partial charge in [-0.2, -0.15) is 0 Å². The van der Waals surface area contributed by atoms with Crippen molar-refractivity contribution in [1.29, 1.82) is 0 Å². The highest BCUT2D eigenvalue weighted by Gasteiger charge is 2.45. The molecule has 5 nitrogen and oxygen atoms in total. The van der Waals surface area contributed by atoms with Crippen molar-refractivity contribution in [3.8, 4) is 0 Å². The van der Waals surface area contributed by atoms with Crippen LogP contribution in [0.2, 0.25) is 25.7 Å². The van der Waals surface area contributed by atoms with E-state index >= 15 is 0 Å². The topological polar surface area (TPSA) is 59.0 Å². The second-order valence-corrected chi connectivity index (χ2v) is 18.8. The largest absolute Gasteiger partial charge is 0.453 e. The number of carbonyl (C=O) groups is 1. The predicted molar refractivity (Wildman–Crippen MR) is 162 cm³/mol. The van der Waals surface area contributed by atoms with Crippen LogP contribution in [-0.2, 0) is 9.47 Å². The molecule has 1 N–H and O–H groups in total. The van der Waals surface area contributed by atoms with Gasteiger partial charge in [0.15, 0.2) is 0 Å². The molecule has 1 aliphatic rings. The molecule has 0 spiro atoms. The van der Waals surface area contributed by atoms with Gasteiger partial charge in [0.05, 0.1) is 25.4 Å². The highest BCUT2D eigenvalue weighted by atomic mass is 28.3. The first-order chi connectivity index (χ1) is 17.7. The van der Waals surface area contributed by atoms with Crippen LogP contribution in [0.3, 0.4) is 0 Å². The van der Waals surface area contributed by atoms with Gasteiger partial charge in [-0.05, 0) is 72.2 Å². The van der Waals surface area contributed by atoms with Crippen molar-refractivity contribution >= 4 is 14.2 Å². The van der Waals surface area contributed by atoms with Crippen LogP contribution in [0.4, 0.5) is 4.79 Å². The number of rotatable bonds is 12. The van der Waals surface area contributed by atoms with Gasteiger partial charge < -0.3 is 14.6 Å². The van der Waals surface area contributed by atoms with E-state index in [0.29, 0.717) is 24.2 Å². The van der Waals surface area contributed by atoms with Crippen molar-refractivity contribution in [2.45, 2.75) is 142 Å². The molecule has 1 amide bonds. The highest BCUT2D eigenvalue weighted by molar-refractivity contribution is 6.76. The lowest BCUT2D eigenvalue weighted by molar-refractivity contribution is -0.0248. The molecule has 0 saturated carbocycles. The molecule has 0 aliphatic carbocycles. The minimum atomic E-state index is -1.09. The van der Waals surface area contributed by atoms with E-state index in [4.69, 9.17) is 9.47 Å². The minimum Gasteiger partial charge on any atom is -0.453 e. The van der Waals surface area contributed by atoms with Gasteiger partial charge >= 0.3 is 6.09 Å². The number of hydrogen-bond donors (Lipinski definition) is 1. The maximum absolute atomic E-state index is 12.6. The molecule has 1 aliphatic heterocycles. The third-order valence-electron chi connectivity index (χ3n) is 7.67. The maximum atomic E-state index is 12.6. The van der Waals surface area contributed by atoms with Crippen LogP contribution in [0.25, 0.3) is 0 Å². The van der Waals surface area contributed by atoms with Crippen LogP contribution < -0.4 is 0 Å². The molecule has 216 valence electrons. The summed E-state index contributed by atoms with van der Waals surface area (Å²) in [5, 5.41) is 10.9. The van der Waals surface area contributed by atoms with Crippen LogP contribution in [-0.4, -0.2) is 49.7 Å². The van der Waals surface area contributed by atoms with E-state index in [9.17, 15) is 9.90 Å². The zero-order valence-corrected chi connectivity index (χ0v) is 27.0. The van der Waals surface area contributed by atoms with Crippen molar-refractivity contribution in [3.05, 3.63) is 46.5 Å². The van der Waals surface area contributed by atoms with Crippen LogP contribution >= 0.6 is 0 Å². The molecule has 1 aromatic carbocycles. The first-order valence-electron chi connectivity index (χ1n) is 14.7. The molecule has 1 unspecified atom stereocenters. The molecule has 0 aromatic heterocycles. The fraction of sp³-hybridized carbons (Fsp3) is 0.719. The summed E-state index contributed by atoms with van der Waals surface area (Å²) in [6, 6.07) is 5.67.